The van der Waals surface area contributed by atoms with Gasteiger partial charge in [0, 0.05) is 0 Å². The van der Waals surface area contributed by atoms with Crippen molar-refractivity contribution in [1.29, 1.82) is 0 Å². The number of fused-ring (bicyclic) bond motifs is 1. The molecule has 1 aromatic carbocycles. The molecule has 3 rings (SSSR count). The Bertz CT molecular complexity index is 782. The van der Waals surface area contributed by atoms with Gasteiger partial charge in [-0.15, -0.1) is 11.6 Å². The van der Waals surface area contributed by atoms with Crippen LogP contribution in [0.3, 0.4) is 0 Å². The number of alkyl halides is 1. The van der Waals surface area contributed by atoms with Crippen LogP contribution in [0, 0.1) is 20.8 Å². The van der Waals surface area contributed by atoms with E-state index >= 15 is 0 Å². The number of imidazole rings is 1. The molecule has 0 aliphatic rings. The van der Waals surface area contributed by atoms with Crippen LogP contribution >= 0.6 is 11.6 Å². The number of benzene rings is 1. The fourth-order valence-corrected chi connectivity index (χ4v) is 2.76. The van der Waals surface area contributed by atoms with E-state index < -0.39 is 0 Å². The van der Waals surface area contributed by atoms with Crippen LogP contribution in [0.1, 0.15) is 41.0 Å². The van der Waals surface area contributed by atoms with Crippen molar-refractivity contribution >= 4 is 22.6 Å². The largest absolute Gasteiger partial charge is 0.444 e. The molecule has 5 heteroatoms. The van der Waals surface area contributed by atoms with E-state index in [-0.39, 0.29) is 5.38 Å². The van der Waals surface area contributed by atoms with E-state index in [0.717, 1.165) is 28.3 Å². The van der Waals surface area contributed by atoms with E-state index in [1.54, 1.807) is 0 Å². The van der Waals surface area contributed by atoms with Gasteiger partial charge >= 0.3 is 0 Å². The monoisotopic (exact) mass is 303 g/mol. The summed E-state index contributed by atoms with van der Waals surface area (Å²) >= 11 is 6.30. The Labute approximate surface area is 128 Å². The maximum Gasteiger partial charge on any atom is 0.214 e. The summed E-state index contributed by atoms with van der Waals surface area (Å²) in [6, 6.07) is 6.10. The molecule has 0 fully saturated rings. The first kappa shape index (κ1) is 14.1. The van der Waals surface area contributed by atoms with Crippen LogP contribution in [0.5, 0.6) is 0 Å². The van der Waals surface area contributed by atoms with Gasteiger partial charge in [0.25, 0.3) is 0 Å². The highest BCUT2D eigenvalue weighted by Gasteiger charge is 2.18. The zero-order valence-electron chi connectivity index (χ0n) is 12.6. The standard InChI is InChI=1S/C16H18ClN3O/c1-9-6-5-7-13-15(9)20(16(19-13)10(2)17)8-14-18-11(3)12(4)21-14/h5-7,10H,8H2,1-4H3. The lowest BCUT2D eigenvalue weighted by Gasteiger charge is -2.09. The van der Waals surface area contributed by atoms with Crippen molar-refractivity contribution in [2.75, 3.05) is 0 Å². The molecule has 0 N–H and O–H groups in total. The Morgan fingerprint density at radius 2 is 2.00 bits per heavy atom. The normalized spacial score (nSPS) is 13.0. The first-order chi connectivity index (χ1) is 9.97. The predicted octanol–water partition coefficient (Wildman–Crippen LogP) is 4.30. The number of nitrogens with zero attached hydrogens (tertiary/aromatic N) is 3. The molecular formula is C16H18ClN3O. The number of aromatic nitrogens is 3. The molecule has 0 bridgehead atoms. The molecule has 0 saturated heterocycles. The molecule has 21 heavy (non-hydrogen) atoms. The molecule has 1 atom stereocenters. The average Bonchev–Trinajstić information content (AvgIpc) is 2.93. The second kappa shape index (κ2) is 5.19. The highest BCUT2D eigenvalue weighted by molar-refractivity contribution is 6.20. The van der Waals surface area contributed by atoms with Gasteiger partial charge in [0.1, 0.15) is 18.1 Å². The summed E-state index contributed by atoms with van der Waals surface area (Å²) in [6.45, 7) is 8.43. The van der Waals surface area contributed by atoms with Crippen molar-refractivity contribution in [3.05, 3.63) is 46.9 Å². The van der Waals surface area contributed by atoms with E-state index in [1.807, 2.05) is 32.9 Å². The Balaban J connectivity index is 2.17. The fourth-order valence-electron chi connectivity index (χ4n) is 2.59. The van der Waals surface area contributed by atoms with Gasteiger partial charge in [0.2, 0.25) is 5.89 Å². The Hall–Kier alpha value is -1.81. The number of rotatable bonds is 3. The maximum absolute atomic E-state index is 6.30. The molecule has 0 amide bonds. The summed E-state index contributed by atoms with van der Waals surface area (Å²) in [7, 11) is 0. The van der Waals surface area contributed by atoms with Crippen molar-refractivity contribution in [2.45, 2.75) is 39.6 Å². The molecule has 110 valence electrons. The van der Waals surface area contributed by atoms with Crippen LogP contribution in [0.2, 0.25) is 0 Å². The maximum atomic E-state index is 6.30. The lowest BCUT2D eigenvalue weighted by atomic mass is 10.2. The van der Waals surface area contributed by atoms with E-state index in [9.17, 15) is 0 Å². The third-order valence-corrected chi connectivity index (χ3v) is 3.92. The zero-order valence-corrected chi connectivity index (χ0v) is 13.4. The molecule has 2 aromatic heterocycles. The third-order valence-electron chi connectivity index (χ3n) is 3.72. The molecule has 0 aliphatic carbocycles. The number of hydrogen-bond acceptors (Lipinski definition) is 3. The van der Waals surface area contributed by atoms with Gasteiger partial charge in [-0.3, -0.25) is 0 Å². The lowest BCUT2D eigenvalue weighted by Crippen LogP contribution is -2.06. The summed E-state index contributed by atoms with van der Waals surface area (Å²) in [4.78, 5) is 9.12. The minimum Gasteiger partial charge on any atom is -0.444 e. The number of hydrogen-bond donors (Lipinski definition) is 0. The lowest BCUT2D eigenvalue weighted by molar-refractivity contribution is 0.455. The molecule has 2 heterocycles. The van der Waals surface area contributed by atoms with Gasteiger partial charge in [-0.1, -0.05) is 12.1 Å². The summed E-state index contributed by atoms with van der Waals surface area (Å²) in [5.41, 5.74) is 4.14. The van der Waals surface area contributed by atoms with Gasteiger partial charge in [-0.25, -0.2) is 9.97 Å². The molecule has 1 unspecified atom stereocenters. The number of halogens is 1. The summed E-state index contributed by atoms with van der Waals surface area (Å²) in [5, 5.41) is -0.172. The topological polar surface area (TPSA) is 43.9 Å². The second-order valence-corrected chi connectivity index (χ2v) is 6.02. The highest BCUT2D eigenvalue weighted by atomic mass is 35.5. The Morgan fingerprint density at radius 1 is 1.24 bits per heavy atom. The van der Waals surface area contributed by atoms with Crippen LogP contribution in [0.4, 0.5) is 0 Å². The van der Waals surface area contributed by atoms with Crippen molar-refractivity contribution in [2.24, 2.45) is 0 Å². The quantitative estimate of drug-likeness (QED) is 0.678. The van der Waals surface area contributed by atoms with Gasteiger partial charge in [0.15, 0.2) is 0 Å². The van der Waals surface area contributed by atoms with E-state index in [0.29, 0.717) is 12.4 Å². The molecule has 0 aliphatic heterocycles. The van der Waals surface area contributed by atoms with E-state index in [4.69, 9.17) is 16.0 Å². The minimum atomic E-state index is -0.172. The van der Waals surface area contributed by atoms with Crippen molar-refractivity contribution in [3.8, 4) is 0 Å². The van der Waals surface area contributed by atoms with Crippen LogP contribution in [0.15, 0.2) is 22.6 Å². The predicted molar refractivity (Wildman–Crippen MR) is 83.8 cm³/mol. The molecule has 0 radical (unpaired) electrons. The van der Waals surface area contributed by atoms with E-state index in [1.165, 1.54) is 5.56 Å². The summed E-state index contributed by atoms with van der Waals surface area (Å²) < 4.78 is 7.81. The van der Waals surface area contributed by atoms with Crippen LogP contribution in [0.25, 0.3) is 11.0 Å². The average molecular weight is 304 g/mol. The fraction of sp³-hybridized carbons (Fsp3) is 0.375. The first-order valence-corrected chi connectivity index (χ1v) is 7.43. The molecule has 4 nitrogen and oxygen atoms in total. The van der Waals surface area contributed by atoms with Crippen molar-refractivity contribution < 1.29 is 4.42 Å². The molecule has 3 aromatic rings. The zero-order chi connectivity index (χ0) is 15.1. The van der Waals surface area contributed by atoms with Crippen molar-refractivity contribution in [1.82, 2.24) is 14.5 Å². The smallest absolute Gasteiger partial charge is 0.214 e. The first-order valence-electron chi connectivity index (χ1n) is 7.00. The van der Waals surface area contributed by atoms with E-state index in [2.05, 4.69) is 27.5 Å². The molecular weight excluding hydrogens is 286 g/mol. The number of para-hydroxylation sites is 1. The number of aryl methyl sites for hydroxylation is 3. The van der Waals surface area contributed by atoms with Gasteiger partial charge in [-0.2, -0.15) is 0 Å². The Kier molecular flexibility index (Phi) is 3.49. The SMILES string of the molecule is Cc1nc(Cn2c(C(C)Cl)nc3cccc(C)c32)oc1C. The number of oxazole rings is 1. The van der Waals surface area contributed by atoms with Crippen LogP contribution in [-0.2, 0) is 6.54 Å². The summed E-state index contributed by atoms with van der Waals surface area (Å²) in [6.07, 6.45) is 0. The highest BCUT2D eigenvalue weighted by Crippen LogP contribution is 2.27. The van der Waals surface area contributed by atoms with Crippen LogP contribution < -0.4 is 0 Å². The Morgan fingerprint density at radius 3 is 2.62 bits per heavy atom. The third kappa shape index (κ3) is 2.44. The minimum absolute atomic E-state index is 0.172. The van der Waals surface area contributed by atoms with Gasteiger partial charge < -0.3 is 8.98 Å². The van der Waals surface area contributed by atoms with Crippen LogP contribution in [-0.4, -0.2) is 14.5 Å². The molecule has 0 spiro atoms. The second-order valence-electron chi connectivity index (χ2n) is 5.36. The summed E-state index contributed by atoms with van der Waals surface area (Å²) in [5.74, 6) is 2.38. The van der Waals surface area contributed by atoms with Gasteiger partial charge in [-0.05, 0) is 39.3 Å². The van der Waals surface area contributed by atoms with Gasteiger partial charge in [0.05, 0.1) is 22.1 Å². The van der Waals surface area contributed by atoms with Crippen molar-refractivity contribution in [3.63, 3.8) is 0 Å². The molecule has 0 saturated carbocycles.